The van der Waals surface area contributed by atoms with Crippen LogP contribution >= 0.6 is 55.0 Å². The van der Waals surface area contributed by atoms with Gasteiger partial charge in [0.25, 0.3) is 0 Å². The molecule has 1 saturated heterocycles. The van der Waals surface area contributed by atoms with Crippen LogP contribution in [0.3, 0.4) is 0 Å². The van der Waals surface area contributed by atoms with Crippen molar-refractivity contribution in [2.75, 3.05) is 4.90 Å². The predicted molar refractivity (Wildman–Crippen MR) is 175 cm³/mol. The molecule has 6 nitrogen and oxygen atoms in total. The smallest absolute Gasteiger partial charge is 0.305 e. The van der Waals surface area contributed by atoms with E-state index in [0.29, 0.717) is 12.3 Å². The third kappa shape index (κ3) is 4.42. The molecule has 2 aliphatic carbocycles. The maximum atomic E-state index is 14.0. The minimum atomic E-state index is -0.355. The van der Waals surface area contributed by atoms with Crippen molar-refractivity contribution in [3.63, 3.8) is 0 Å². The number of thiazole rings is 1. The van der Waals surface area contributed by atoms with Crippen LogP contribution in [0.25, 0.3) is 0 Å². The predicted octanol–water partition coefficient (Wildman–Crippen LogP) is 7.53. The van der Waals surface area contributed by atoms with Crippen molar-refractivity contribution < 1.29 is 14.3 Å². The van der Waals surface area contributed by atoms with Crippen LogP contribution in [0, 0.1) is 36.5 Å². The van der Waals surface area contributed by atoms with Gasteiger partial charge in [-0.25, -0.2) is 0 Å². The second kappa shape index (κ2) is 10.5. The van der Waals surface area contributed by atoms with Gasteiger partial charge in [0, 0.05) is 30.6 Å². The van der Waals surface area contributed by atoms with Crippen LogP contribution in [0.5, 0.6) is 5.75 Å². The molecule has 2 aliphatic heterocycles. The molecular weight excluding hydrogens is 712 g/mol. The zero-order chi connectivity index (χ0) is 29.6. The van der Waals surface area contributed by atoms with E-state index in [0.717, 1.165) is 42.1 Å². The lowest BCUT2D eigenvalue weighted by Gasteiger charge is -2.43. The summed E-state index contributed by atoms with van der Waals surface area (Å²) < 4.78 is 8.31. The zero-order valence-corrected chi connectivity index (χ0v) is 27.8. The molecule has 2 bridgehead atoms. The monoisotopic (exact) mass is 736 g/mol. The molecular formula is C33H26Br2N2O4S2. The van der Waals surface area contributed by atoms with Gasteiger partial charge in [-0.3, -0.25) is 19.3 Å². The topological polar surface area (TPSA) is 79.5 Å². The van der Waals surface area contributed by atoms with Gasteiger partial charge in [-0.05, 0) is 79.1 Å². The van der Waals surface area contributed by atoms with Crippen LogP contribution in [0.15, 0.2) is 85.5 Å². The number of hydrogen-bond acceptors (Lipinski definition) is 6. The normalized spacial score (nSPS) is 28.6. The maximum absolute atomic E-state index is 14.0. The van der Waals surface area contributed by atoms with Crippen LogP contribution in [0.2, 0.25) is 0 Å². The van der Waals surface area contributed by atoms with E-state index in [4.69, 9.17) is 4.74 Å². The summed E-state index contributed by atoms with van der Waals surface area (Å²) in [4.78, 5) is 46.1. The van der Waals surface area contributed by atoms with Crippen LogP contribution in [-0.4, -0.2) is 22.0 Å². The highest BCUT2D eigenvalue weighted by Crippen LogP contribution is 2.69. The SMILES string of the molecule is Cc1ccc(COc2ccc(Br)cc2[C@@H]2c3sc(=O)[nH]c3S[C@@H]3[C@@H]4C[C@@H]([C@@H]5C(=O)N(c6ccc(Br)cc6)C(=O)[C@@H]45)[C@@H]23)cc1. The number of H-pyrrole nitrogens is 1. The summed E-state index contributed by atoms with van der Waals surface area (Å²) in [5, 5.41) is 0.996. The molecule has 3 aromatic carbocycles. The molecule has 4 aliphatic rings. The van der Waals surface area contributed by atoms with Crippen molar-refractivity contribution in [2.45, 2.75) is 36.1 Å². The van der Waals surface area contributed by atoms with Crippen molar-refractivity contribution in [1.82, 2.24) is 4.98 Å². The Morgan fingerprint density at radius 1 is 0.907 bits per heavy atom. The Labute approximate surface area is 273 Å². The summed E-state index contributed by atoms with van der Waals surface area (Å²) in [6.45, 7) is 2.49. The Kier molecular flexibility index (Phi) is 6.78. The summed E-state index contributed by atoms with van der Waals surface area (Å²) in [6.07, 6.45) is 0.840. The van der Waals surface area contributed by atoms with Crippen LogP contribution in [0.1, 0.15) is 33.9 Å². The van der Waals surface area contributed by atoms with Gasteiger partial charge in [0.05, 0.1) is 22.5 Å². The maximum Gasteiger partial charge on any atom is 0.305 e. The fourth-order valence-corrected chi connectivity index (χ4v) is 11.5. The minimum Gasteiger partial charge on any atom is -0.489 e. The van der Waals surface area contributed by atoms with Crippen molar-refractivity contribution in [3.8, 4) is 5.75 Å². The first-order chi connectivity index (χ1) is 20.8. The number of hydrogen-bond donors (Lipinski definition) is 1. The van der Waals surface area contributed by atoms with Gasteiger partial charge in [-0.15, -0.1) is 11.8 Å². The van der Waals surface area contributed by atoms with Gasteiger partial charge in [0.1, 0.15) is 12.4 Å². The zero-order valence-electron chi connectivity index (χ0n) is 23.0. The standard InChI is InChI=1S/C33H26Br2N2O4S2/c1-15-2-4-16(5-3-15)14-41-23-11-8-18(35)12-20(23)24-25-21-13-22(28(25)42-30-29(24)43-33(40)36-30)27-26(21)31(38)37(32(27)39)19-9-6-17(34)7-10-19/h2-12,21-22,24-28H,13-14H2,1H3,(H,36,40)/t21-,22-,24+,25+,26+,27+,28-/m1/s1. The minimum absolute atomic E-state index is 0.0312. The summed E-state index contributed by atoms with van der Waals surface area (Å²) in [6, 6.07) is 21.8. The van der Waals surface area contributed by atoms with E-state index in [2.05, 4.69) is 74.1 Å². The highest BCUT2D eigenvalue weighted by Gasteiger charge is 2.69. The second-order valence-electron chi connectivity index (χ2n) is 11.9. The number of amides is 2. The molecule has 0 unspecified atom stereocenters. The number of imide groups is 1. The molecule has 43 heavy (non-hydrogen) atoms. The molecule has 2 amide bonds. The van der Waals surface area contributed by atoms with Gasteiger partial charge >= 0.3 is 4.87 Å². The van der Waals surface area contributed by atoms with Crippen molar-refractivity contribution in [1.29, 1.82) is 0 Å². The molecule has 218 valence electrons. The van der Waals surface area contributed by atoms with E-state index in [9.17, 15) is 14.4 Å². The first-order valence-electron chi connectivity index (χ1n) is 14.3. The Hall–Kier alpha value is -2.66. The number of fused-ring (bicyclic) bond motifs is 9. The van der Waals surface area contributed by atoms with E-state index >= 15 is 0 Å². The van der Waals surface area contributed by atoms with Crippen molar-refractivity contribution in [3.05, 3.63) is 107 Å². The largest absolute Gasteiger partial charge is 0.489 e. The molecule has 3 fully saturated rings. The number of carbonyl (C=O) groups is 2. The summed E-state index contributed by atoms with van der Waals surface area (Å²) in [7, 11) is 0. The fourth-order valence-electron chi connectivity index (χ4n) is 7.95. The number of aromatic nitrogens is 1. The lowest BCUT2D eigenvalue weighted by molar-refractivity contribution is -0.123. The number of ether oxygens (including phenoxy) is 1. The summed E-state index contributed by atoms with van der Waals surface area (Å²) in [5.74, 6) is -0.0394. The molecule has 3 heterocycles. The number of thioether (sulfide) groups is 1. The molecule has 0 radical (unpaired) electrons. The van der Waals surface area contributed by atoms with E-state index in [-0.39, 0.29) is 57.4 Å². The fraction of sp³-hybridized carbons (Fsp3) is 0.303. The molecule has 7 atom stereocenters. The van der Waals surface area contributed by atoms with E-state index in [1.165, 1.54) is 21.8 Å². The lowest BCUT2D eigenvalue weighted by Crippen LogP contribution is -2.42. The van der Waals surface area contributed by atoms with Crippen molar-refractivity contribution in [2.24, 2.45) is 29.6 Å². The summed E-state index contributed by atoms with van der Waals surface area (Å²) >= 11 is 10.1. The van der Waals surface area contributed by atoms with Gasteiger partial charge in [-0.2, -0.15) is 0 Å². The number of halogens is 2. The summed E-state index contributed by atoms with van der Waals surface area (Å²) in [5.41, 5.74) is 3.91. The van der Waals surface area contributed by atoms with Gasteiger partial charge in [0.2, 0.25) is 11.8 Å². The number of rotatable bonds is 5. The highest BCUT2D eigenvalue weighted by atomic mass is 79.9. The average molecular weight is 739 g/mol. The molecule has 4 aromatic rings. The quantitative estimate of drug-likeness (QED) is 0.215. The number of aromatic amines is 1. The molecule has 1 N–H and O–H groups in total. The molecule has 10 heteroatoms. The molecule has 1 aromatic heterocycles. The Morgan fingerprint density at radius 3 is 2.35 bits per heavy atom. The van der Waals surface area contributed by atoms with Gasteiger partial charge in [0.15, 0.2) is 0 Å². The number of anilines is 1. The first-order valence-corrected chi connectivity index (χ1v) is 17.6. The Bertz CT molecular complexity index is 1840. The van der Waals surface area contributed by atoms with Crippen LogP contribution in [0.4, 0.5) is 5.69 Å². The van der Waals surface area contributed by atoms with E-state index in [1.54, 1.807) is 11.8 Å². The van der Waals surface area contributed by atoms with Gasteiger partial charge in [-0.1, -0.05) is 73.0 Å². The van der Waals surface area contributed by atoms with Crippen molar-refractivity contribution >= 4 is 72.5 Å². The lowest BCUT2D eigenvalue weighted by atomic mass is 9.68. The third-order valence-corrected chi connectivity index (χ3v) is 13.2. The second-order valence-corrected chi connectivity index (χ2v) is 15.9. The van der Waals surface area contributed by atoms with Crippen LogP contribution < -0.4 is 14.5 Å². The average Bonchev–Trinajstić information content (AvgIpc) is 3.73. The number of nitrogens with zero attached hydrogens (tertiary/aromatic N) is 1. The van der Waals surface area contributed by atoms with E-state index in [1.807, 2.05) is 36.4 Å². The number of carbonyl (C=O) groups excluding carboxylic acids is 2. The van der Waals surface area contributed by atoms with E-state index < -0.39 is 0 Å². The molecule has 0 spiro atoms. The molecule has 2 saturated carbocycles. The molecule has 8 rings (SSSR count). The Morgan fingerprint density at radius 2 is 1.60 bits per heavy atom. The first kappa shape index (κ1) is 27.9. The number of nitrogens with one attached hydrogen (secondary N) is 1. The third-order valence-electron chi connectivity index (χ3n) is 9.63. The van der Waals surface area contributed by atoms with Crippen LogP contribution in [-0.2, 0) is 16.2 Å². The van der Waals surface area contributed by atoms with Gasteiger partial charge < -0.3 is 9.72 Å². The number of benzene rings is 3. The number of aryl methyl sites for hydroxylation is 1. The Balaban J connectivity index is 1.20. The highest BCUT2D eigenvalue weighted by molar-refractivity contribution is 9.10.